The maximum Gasteiger partial charge on any atom is 0.337 e. The first-order valence-electron chi connectivity index (χ1n) is 7.60. The number of piperidine rings is 1. The van der Waals surface area contributed by atoms with E-state index in [4.69, 9.17) is 4.74 Å². The molecule has 1 atom stereocenters. The molecule has 0 unspecified atom stereocenters. The van der Waals surface area contributed by atoms with Gasteiger partial charge in [0, 0.05) is 11.3 Å². The number of methoxy groups -OCH3 is 1. The van der Waals surface area contributed by atoms with E-state index in [1.54, 1.807) is 0 Å². The fourth-order valence-electron chi connectivity index (χ4n) is 3.77. The quantitative estimate of drug-likeness (QED) is 0.869. The molecule has 1 aliphatic carbocycles. The molecule has 1 spiro atoms. The van der Waals surface area contributed by atoms with Crippen molar-refractivity contribution in [1.29, 1.82) is 0 Å². The molecule has 1 N–H and O–H groups in total. The van der Waals surface area contributed by atoms with Crippen molar-refractivity contribution in [3.8, 4) is 0 Å². The summed E-state index contributed by atoms with van der Waals surface area (Å²) in [6.45, 7) is 1.10. The van der Waals surface area contributed by atoms with Gasteiger partial charge in [-0.3, -0.25) is 0 Å². The molecule has 1 saturated heterocycles. The number of hydrogen-bond donors (Lipinski definition) is 1. The van der Waals surface area contributed by atoms with E-state index in [1.807, 2.05) is 23.9 Å². The molecule has 1 saturated carbocycles. The molecule has 1 heterocycles. The second kappa shape index (κ2) is 6.01. The summed E-state index contributed by atoms with van der Waals surface area (Å²) in [4.78, 5) is 11.5. The predicted octanol–water partition coefficient (Wildman–Crippen LogP) is 3.41. The van der Waals surface area contributed by atoms with Crippen LogP contribution in [0.4, 0.5) is 0 Å². The number of nitrogens with one attached hydrogen (secondary N) is 1. The summed E-state index contributed by atoms with van der Waals surface area (Å²) in [6.07, 6.45) is 7.49. The van der Waals surface area contributed by atoms with Crippen LogP contribution < -0.4 is 5.32 Å². The Kier molecular flexibility index (Phi) is 4.27. The first-order valence-corrected chi connectivity index (χ1v) is 8.89. The van der Waals surface area contributed by atoms with Crippen LogP contribution in [-0.2, 0) is 4.74 Å². The summed E-state index contributed by atoms with van der Waals surface area (Å²) in [5.74, 6) is -0.267. The lowest BCUT2D eigenvalue weighted by Gasteiger charge is -2.52. The van der Waals surface area contributed by atoms with Gasteiger partial charge in [0.2, 0.25) is 0 Å². The van der Waals surface area contributed by atoms with E-state index >= 15 is 0 Å². The third kappa shape index (κ3) is 2.97. The molecule has 114 valence electrons. The minimum Gasteiger partial charge on any atom is -0.465 e. The van der Waals surface area contributed by atoms with Crippen LogP contribution in [0.3, 0.4) is 0 Å². The minimum atomic E-state index is -0.267. The van der Waals surface area contributed by atoms with Crippen LogP contribution in [0.1, 0.15) is 47.6 Å². The van der Waals surface area contributed by atoms with E-state index in [-0.39, 0.29) is 5.97 Å². The molecule has 2 aliphatic rings. The summed E-state index contributed by atoms with van der Waals surface area (Å²) in [6, 6.07) is 8.29. The van der Waals surface area contributed by atoms with Gasteiger partial charge in [-0.1, -0.05) is 12.1 Å². The second-order valence-corrected chi connectivity index (χ2v) is 7.48. The monoisotopic (exact) mass is 305 g/mol. The Morgan fingerprint density at radius 1 is 1.29 bits per heavy atom. The molecule has 3 nitrogen and oxygen atoms in total. The van der Waals surface area contributed by atoms with Gasteiger partial charge in [0.15, 0.2) is 0 Å². The Labute approximate surface area is 130 Å². The van der Waals surface area contributed by atoms with Gasteiger partial charge in [0.25, 0.3) is 0 Å². The number of hydrogen-bond acceptors (Lipinski definition) is 4. The maximum atomic E-state index is 11.5. The van der Waals surface area contributed by atoms with Crippen molar-refractivity contribution in [2.75, 3.05) is 19.9 Å². The third-order valence-electron chi connectivity index (χ3n) is 5.07. The summed E-state index contributed by atoms with van der Waals surface area (Å²) < 4.78 is 4.75. The lowest BCUT2D eigenvalue weighted by atomic mass is 9.61. The van der Waals surface area contributed by atoms with Crippen molar-refractivity contribution in [3.63, 3.8) is 0 Å². The number of rotatable bonds is 3. The molecule has 1 aliphatic heterocycles. The molecular formula is C17H23NO2S. The molecule has 0 radical (unpaired) electrons. The fraction of sp³-hybridized carbons (Fsp3) is 0.588. The third-order valence-corrected chi connectivity index (χ3v) is 6.07. The summed E-state index contributed by atoms with van der Waals surface area (Å²) in [5, 5.41) is 4.50. The van der Waals surface area contributed by atoms with Crippen LogP contribution in [0, 0.1) is 5.41 Å². The van der Waals surface area contributed by atoms with E-state index in [0.717, 1.165) is 11.8 Å². The predicted molar refractivity (Wildman–Crippen MR) is 86.7 cm³/mol. The zero-order valence-corrected chi connectivity index (χ0v) is 13.5. The van der Waals surface area contributed by atoms with Gasteiger partial charge in [-0.15, -0.1) is 0 Å². The molecule has 1 aromatic carbocycles. The number of esters is 1. The lowest BCUT2D eigenvalue weighted by Crippen LogP contribution is -2.47. The Morgan fingerprint density at radius 3 is 2.62 bits per heavy atom. The van der Waals surface area contributed by atoms with Crippen LogP contribution in [-0.4, -0.2) is 31.1 Å². The fourth-order valence-corrected chi connectivity index (χ4v) is 4.81. The smallest absolute Gasteiger partial charge is 0.337 e. The van der Waals surface area contributed by atoms with Crippen LogP contribution in [0.25, 0.3) is 0 Å². The van der Waals surface area contributed by atoms with Crippen molar-refractivity contribution >= 4 is 17.7 Å². The highest BCUT2D eigenvalue weighted by Gasteiger charge is 2.46. The van der Waals surface area contributed by atoms with Gasteiger partial charge >= 0.3 is 5.97 Å². The number of carbonyl (C=O) groups excluding carboxylic acids is 1. The zero-order chi connectivity index (χ0) is 14.9. The first-order chi connectivity index (χ1) is 10.2. The molecule has 0 aromatic heterocycles. The van der Waals surface area contributed by atoms with Gasteiger partial charge < -0.3 is 10.1 Å². The molecule has 0 amide bonds. The maximum absolute atomic E-state index is 11.5. The highest BCUT2D eigenvalue weighted by Crippen LogP contribution is 2.54. The number of benzene rings is 1. The standard InChI is InChI=1S/C17H23NO2S/c1-20-16(19)13-5-3-12(4-6-13)15-11-17(7-8-18-15)9-14(10-17)21-2/h3-6,14-15,18H,7-11H2,1-2H3/t14?,15-,17?/m0/s1. The Morgan fingerprint density at radius 2 is 2.00 bits per heavy atom. The van der Waals surface area contributed by atoms with Gasteiger partial charge in [0.1, 0.15) is 0 Å². The van der Waals surface area contributed by atoms with E-state index in [0.29, 0.717) is 17.0 Å². The van der Waals surface area contributed by atoms with Crippen LogP contribution in [0.5, 0.6) is 0 Å². The number of thioether (sulfide) groups is 1. The largest absolute Gasteiger partial charge is 0.465 e. The van der Waals surface area contributed by atoms with Crippen molar-refractivity contribution in [3.05, 3.63) is 35.4 Å². The SMILES string of the molecule is COC(=O)c1ccc([C@@H]2CC3(CCN2)CC(SC)C3)cc1. The first kappa shape index (κ1) is 14.9. The molecule has 3 rings (SSSR count). The lowest BCUT2D eigenvalue weighted by molar-refractivity contribution is 0.0600. The van der Waals surface area contributed by atoms with Gasteiger partial charge in [0.05, 0.1) is 12.7 Å². The van der Waals surface area contributed by atoms with Crippen LogP contribution >= 0.6 is 11.8 Å². The average Bonchev–Trinajstić information content (AvgIpc) is 2.52. The molecule has 21 heavy (non-hydrogen) atoms. The van der Waals surface area contributed by atoms with E-state index in [1.165, 1.54) is 38.4 Å². The van der Waals surface area contributed by atoms with E-state index in [9.17, 15) is 4.79 Å². The van der Waals surface area contributed by atoms with Crippen LogP contribution in [0.2, 0.25) is 0 Å². The average molecular weight is 305 g/mol. The molecule has 4 heteroatoms. The summed E-state index contributed by atoms with van der Waals surface area (Å²) in [7, 11) is 1.42. The van der Waals surface area contributed by atoms with Gasteiger partial charge in [-0.05, 0) is 61.6 Å². The summed E-state index contributed by atoms with van der Waals surface area (Å²) >= 11 is 2.01. The van der Waals surface area contributed by atoms with Gasteiger partial charge in [-0.2, -0.15) is 11.8 Å². The number of ether oxygens (including phenoxy) is 1. The van der Waals surface area contributed by atoms with E-state index < -0.39 is 0 Å². The summed E-state index contributed by atoms with van der Waals surface area (Å²) in [5.41, 5.74) is 2.47. The van der Waals surface area contributed by atoms with Crippen molar-refractivity contribution in [2.45, 2.75) is 37.0 Å². The molecule has 0 bridgehead atoms. The molecule has 1 aromatic rings. The second-order valence-electron chi connectivity index (χ2n) is 6.34. The Hall–Kier alpha value is -1.00. The minimum absolute atomic E-state index is 0.267. The zero-order valence-electron chi connectivity index (χ0n) is 12.7. The van der Waals surface area contributed by atoms with Crippen molar-refractivity contribution < 1.29 is 9.53 Å². The van der Waals surface area contributed by atoms with E-state index in [2.05, 4.69) is 23.7 Å². The van der Waals surface area contributed by atoms with Crippen LogP contribution in [0.15, 0.2) is 24.3 Å². The van der Waals surface area contributed by atoms with Crippen molar-refractivity contribution in [2.24, 2.45) is 5.41 Å². The Balaban J connectivity index is 1.68. The molecular weight excluding hydrogens is 282 g/mol. The van der Waals surface area contributed by atoms with Gasteiger partial charge in [-0.25, -0.2) is 4.79 Å². The highest BCUT2D eigenvalue weighted by molar-refractivity contribution is 7.99. The highest BCUT2D eigenvalue weighted by atomic mass is 32.2. The van der Waals surface area contributed by atoms with Crippen molar-refractivity contribution in [1.82, 2.24) is 5.32 Å². The normalized spacial score (nSPS) is 31.7. The number of carbonyl (C=O) groups is 1. The Bertz CT molecular complexity index is 508. The molecule has 2 fully saturated rings. The topological polar surface area (TPSA) is 38.3 Å².